The average Bonchev–Trinajstić information content (AvgIpc) is 3.15. The van der Waals surface area contributed by atoms with Crippen LogP contribution >= 0.6 is 0 Å². The van der Waals surface area contributed by atoms with Crippen LogP contribution < -0.4 is 5.43 Å². The van der Waals surface area contributed by atoms with Crippen molar-refractivity contribution in [1.29, 1.82) is 0 Å². The van der Waals surface area contributed by atoms with Crippen LogP contribution in [0.3, 0.4) is 0 Å². The van der Waals surface area contributed by atoms with Gasteiger partial charge >= 0.3 is 0 Å². The molecular formula is C17H16N6O. The quantitative estimate of drug-likeness (QED) is 0.445. The van der Waals surface area contributed by atoms with Gasteiger partial charge in [-0.1, -0.05) is 11.6 Å². The Morgan fingerprint density at radius 3 is 2.83 bits per heavy atom. The van der Waals surface area contributed by atoms with Gasteiger partial charge in [0.2, 0.25) is 0 Å². The monoisotopic (exact) mass is 320 g/mol. The second kappa shape index (κ2) is 5.45. The molecule has 1 aromatic carbocycles. The van der Waals surface area contributed by atoms with Gasteiger partial charge in [-0.15, -0.1) is 10.2 Å². The lowest BCUT2D eigenvalue weighted by molar-refractivity contribution is 0.525. The maximum absolute atomic E-state index is 5.52. The number of furan rings is 1. The number of nitrogens with zero attached hydrogens (tertiary/aromatic N) is 4. The number of rotatable bonds is 3. The molecule has 4 aromatic rings. The zero-order chi connectivity index (χ0) is 16.7. The zero-order valence-corrected chi connectivity index (χ0v) is 13.6. The molecule has 7 nitrogen and oxygen atoms in total. The van der Waals surface area contributed by atoms with Crippen molar-refractivity contribution in [1.82, 2.24) is 20.2 Å². The van der Waals surface area contributed by atoms with Crippen molar-refractivity contribution in [3.05, 3.63) is 47.4 Å². The molecule has 3 aromatic heterocycles. The molecular weight excluding hydrogens is 304 g/mol. The second-order valence-corrected chi connectivity index (χ2v) is 5.73. The number of aromatic amines is 1. The van der Waals surface area contributed by atoms with Crippen LogP contribution in [0, 0.1) is 13.8 Å². The lowest BCUT2D eigenvalue weighted by atomic mass is 10.2. The largest absolute Gasteiger partial charge is 0.460 e. The topological polar surface area (TPSA) is 92.0 Å². The summed E-state index contributed by atoms with van der Waals surface area (Å²) in [5.41, 5.74) is 7.11. The standard InChI is InChI=1S/C17H16N6O/c1-9-4-6-13-12(8-9)15-16(18-13)19-17(23-21-15)22-20-11(3)14-7-5-10(2)24-14/h4-8H,1-3H3,(H2,18,19,22,23)/b20-11-. The number of aryl methyl sites for hydroxylation is 2. The third-order valence-electron chi connectivity index (χ3n) is 3.79. The van der Waals surface area contributed by atoms with Gasteiger partial charge in [-0.3, -0.25) is 0 Å². The van der Waals surface area contributed by atoms with E-state index in [1.807, 2.05) is 45.0 Å². The lowest BCUT2D eigenvalue weighted by Crippen LogP contribution is -2.02. The molecule has 0 fully saturated rings. The summed E-state index contributed by atoms with van der Waals surface area (Å²) in [6, 6.07) is 9.90. The predicted molar refractivity (Wildman–Crippen MR) is 93.2 cm³/mol. The summed E-state index contributed by atoms with van der Waals surface area (Å²) in [6.45, 7) is 5.79. The molecule has 0 aliphatic carbocycles. The molecule has 0 saturated carbocycles. The van der Waals surface area contributed by atoms with Crippen molar-refractivity contribution < 1.29 is 4.42 Å². The van der Waals surface area contributed by atoms with Gasteiger partial charge < -0.3 is 9.40 Å². The lowest BCUT2D eigenvalue weighted by Gasteiger charge is -1.99. The van der Waals surface area contributed by atoms with E-state index in [0.717, 1.165) is 22.2 Å². The van der Waals surface area contributed by atoms with Gasteiger partial charge in [0.15, 0.2) is 5.65 Å². The Labute approximate surface area is 137 Å². The number of hydrogen-bond donors (Lipinski definition) is 2. The molecule has 0 atom stereocenters. The van der Waals surface area contributed by atoms with E-state index in [0.29, 0.717) is 23.1 Å². The molecule has 0 aliphatic rings. The number of aromatic nitrogens is 4. The third kappa shape index (κ3) is 2.50. The highest BCUT2D eigenvalue weighted by atomic mass is 16.3. The number of nitrogens with one attached hydrogen (secondary N) is 2. The number of hydrazone groups is 1. The average molecular weight is 320 g/mol. The fraction of sp³-hybridized carbons (Fsp3) is 0.176. The van der Waals surface area contributed by atoms with Gasteiger partial charge in [-0.2, -0.15) is 10.1 Å². The van der Waals surface area contributed by atoms with Gasteiger partial charge in [0.05, 0.1) is 0 Å². The van der Waals surface area contributed by atoms with Gasteiger partial charge in [0.1, 0.15) is 22.7 Å². The summed E-state index contributed by atoms with van der Waals surface area (Å²) in [5.74, 6) is 1.87. The highest BCUT2D eigenvalue weighted by molar-refractivity contribution is 6.03. The number of anilines is 1. The van der Waals surface area contributed by atoms with Crippen LogP contribution in [0.1, 0.15) is 24.0 Å². The van der Waals surface area contributed by atoms with Crippen LogP contribution in [0.5, 0.6) is 0 Å². The number of fused-ring (bicyclic) bond motifs is 3. The van der Waals surface area contributed by atoms with E-state index in [4.69, 9.17) is 4.42 Å². The van der Waals surface area contributed by atoms with E-state index in [1.165, 1.54) is 5.56 Å². The van der Waals surface area contributed by atoms with Gasteiger partial charge in [0.25, 0.3) is 5.95 Å². The van der Waals surface area contributed by atoms with Gasteiger partial charge in [-0.05, 0) is 45.0 Å². The van der Waals surface area contributed by atoms with E-state index in [1.54, 1.807) is 0 Å². The molecule has 0 bridgehead atoms. The van der Waals surface area contributed by atoms with Crippen molar-refractivity contribution in [2.45, 2.75) is 20.8 Å². The Kier molecular flexibility index (Phi) is 3.26. The Bertz CT molecular complexity index is 1080. The molecule has 120 valence electrons. The van der Waals surface area contributed by atoms with E-state index >= 15 is 0 Å². The summed E-state index contributed by atoms with van der Waals surface area (Å²) < 4.78 is 5.52. The highest BCUT2D eigenvalue weighted by Crippen LogP contribution is 2.23. The minimum Gasteiger partial charge on any atom is -0.460 e. The number of hydrogen-bond acceptors (Lipinski definition) is 6. The normalized spacial score (nSPS) is 12.2. The first-order valence-corrected chi connectivity index (χ1v) is 7.60. The zero-order valence-electron chi connectivity index (χ0n) is 13.6. The minimum atomic E-state index is 0.327. The van der Waals surface area contributed by atoms with Crippen LogP contribution in [0.4, 0.5) is 5.95 Å². The molecule has 3 heterocycles. The van der Waals surface area contributed by atoms with Crippen molar-refractivity contribution in [2.24, 2.45) is 5.10 Å². The molecule has 4 rings (SSSR count). The van der Waals surface area contributed by atoms with Crippen LogP contribution in [0.2, 0.25) is 0 Å². The molecule has 7 heteroatoms. The molecule has 0 radical (unpaired) electrons. The molecule has 0 unspecified atom stereocenters. The smallest absolute Gasteiger partial charge is 0.265 e. The van der Waals surface area contributed by atoms with Crippen molar-refractivity contribution in [3.8, 4) is 0 Å². The summed E-state index contributed by atoms with van der Waals surface area (Å²) >= 11 is 0. The first kappa shape index (κ1) is 14.4. The molecule has 0 aliphatic heterocycles. The van der Waals surface area contributed by atoms with Crippen LogP contribution in [-0.4, -0.2) is 25.9 Å². The first-order valence-electron chi connectivity index (χ1n) is 7.60. The van der Waals surface area contributed by atoms with E-state index < -0.39 is 0 Å². The maximum atomic E-state index is 5.52. The van der Waals surface area contributed by atoms with Gasteiger partial charge in [0, 0.05) is 10.9 Å². The first-order chi connectivity index (χ1) is 11.6. The second-order valence-electron chi connectivity index (χ2n) is 5.73. The molecule has 2 N–H and O–H groups in total. The van der Waals surface area contributed by atoms with Crippen LogP contribution in [0.15, 0.2) is 39.9 Å². The Hall–Kier alpha value is -3.22. The van der Waals surface area contributed by atoms with Gasteiger partial charge in [-0.25, -0.2) is 5.43 Å². The van der Waals surface area contributed by atoms with E-state index in [-0.39, 0.29) is 0 Å². The minimum absolute atomic E-state index is 0.327. The van der Waals surface area contributed by atoms with Crippen LogP contribution in [0.25, 0.3) is 22.1 Å². The summed E-state index contributed by atoms with van der Waals surface area (Å²) in [5, 5.41) is 13.6. The summed E-state index contributed by atoms with van der Waals surface area (Å²) in [7, 11) is 0. The maximum Gasteiger partial charge on any atom is 0.265 e. The van der Waals surface area contributed by atoms with Crippen molar-refractivity contribution in [3.63, 3.8) is 0 Å². The van der Waals surface area contributed by atoms with E-state index in [2.05, 4.69) is 36.8 Å². The Morgan fingerprint density at radius 2 is 2.04 bits per heavy atom. The molecule has 0 amide bonds. The summed E-state index contributed by atoms with van der Waals surface area (Å²) in [4.78, 5) is 7.68. The number of H-pyrrole nitrogens is 1. The fourth-order valence-electron chi connectivity index (χ4n) is 2.55. The van der Waals surface area contributed by atoms with Crippen molar-refractivity contribution in [2.75, 3.05) is 5.43 Å². The fourth-order valence-corrected chi connectivity index (χ4v) is 2.55. The highest BCUT2D eigenvalue weighted by Gasteiger charge is 2.09. The Balaban J connectivity index is 1.66. The Morgan fingerprint density at radius 1 is 1.17 bits per heavy atom. The van der Waals surface area contributed by atoms with Crippen molar-refractivity contribution >= 4 is 33.7 Å². The van der Waals surface area contributed by atoms with E-state index in [9.17, 15) is 0 Å². The molecule has 0 saturated heterocycles. The SMILES string of the molecule is C/C(=N/Nc1nnc2c(n1)[nH]c1ccc(C)cc12)c1ccc(C)o1. The molecule has 24 heavy (non-hydrogen) atoms. The predicted octanol–water partition coefficient (Wildman–Crippen LogP) is 3.55. The molecule has 0 spiro atoms. The third-order valence-corrected chi connectivity index (χ3v) is 3.79. The summed E-state index contributed by atoms with van der Waals surface area (Å²) in [6.07, 6.45) is 0. The number of benzene rings is 1. The van der Waals surface area contributed by atoms with Crippen LogP contribution in [-0.2, 0) is 0 Å².